The van der Waals surface area contributed by atoms with Crippen molar-refractivity contribution in [1.29, 1.82) is 0 Å². The van der Waals surface area contributed by atoms with E-state index >= 15 is 0 Å². The van der Waals surface area contributed by atoms with Gasteiger partial charge in [-0.2, -0.15) is 0 Å². The number of aromatic hydroxyl groups is 1. The van der Waals surface area contributed by atoms with Crippen molar-refractivity contribution in [3.63, 3.8) is 0 Å². The van der Waals surface area contributed by atoms with E-state index in [9.17, 15) is 9.90 Å². The van der Waals surface area contributed by atoms with E-state index in [2.05, 4.69) is 5.32 Å². The van der Waals surface area contributed by atoms with Gasteiger partial charge in [0.05, 0.1) is 0 Å². The first-order chi connectivity index (χ1) is 8.20. The van der Waals surface area contributed by atoms with E-state index in [-0.39, 0.29) is 17.7 Å². The van der Waals surface area contributed by atoms with Crippen LogP contribution in [0.15, 0.2) is 24.3 Å². The van der Waals surface area contributed by atoms with Gasteiger partial charge in [0.1, 0.15) is 5.75 Å². The molecule has 2 N–H and O–H groups in total. The van der Waals surface area contributed by atoms with Crippen LogP contribution < -0.4 is 5.32 Å². The first-order valence-electron chi connectivity index (χ1n) is 6.00. The first kappa shape index (κ1) is 11.9. The summed E-state index contributed by atoms with van der Waals surface area (Å²) in [6.45, 7) is 4.19. The van der Waals surface area contributed by atoms with Crippen molar-refractivity contribution in [2.45, 2.75) is 19.4 Å². The average molecular weight is 234 g/mol. The second-order valence-corrected chi connectivity index (χ2v) is 4.29. The highest BCUT2D eigenvalue weighted by Gasteiger charge is 2.23. The zero-order valence-electron chi connectivity index (χ0n) is 10.0. The quantitative estimate of drug-likeness (QED) is 0.810. The molecule has 2 rings (SSSR count). The van der Waals surface area contributed by atoms with Gasteiger partial charge in [0, 0.05) is 32.1 Å². The van der Waals surface area contributed by atoms with E-state index in [0.29, 0.717) is 13.0 Å². The van der Waals surface area contributed by atoms with Crippen LogP contribution >= 0.6 is 0 Å². The molecule has 1 unspecified atom stereocenters. The number of nitrogens with zero attached hydrogens (tertiary/aromatic N) is 1. The van der Waals surface area contributed by atoms with Gasteiger partial charge in [0.15, 0.2) is 0 Å². The molecule has 1 atom stereocenters. The summed E-state index contributed by atoms with van der Waals surface area (Å²) in [5, 5.41) is 12.6. The van der Waals surface area contributed by atoms with Crippen LogP contribution in [-0.2, 0) is 4.79 Å². The molecule has 4 heteroatoms. The van der Waals surface area contributed by atoms with Crippen molar-refractivity contribution in [1.82, 2.24) is 10.2 Å². The largest absolute Gasteiger partial charge is 0.508 e. The molecule has 1 aromatic rings. The van der Waals surface area contributed by atoms with Crippen LogP contribution in [0.2, 0.25) is 0 Å². The van der Waals surface area contributed by atoms with E-state index in [1.807, 2.05) is 24.0 Å². The molecule has 0 aliphatic carbocycles. The molecule has 0 bridgehead atoms. The van der Waals surface area contributed by atoms with Crippen molar-refractivity contribution >= 4 is 5.91 Å². The Kier molecular flexibility index (Phi) is 3.64. The van der Waals surface area contributed by atoms with Crippen LogP contribution in [0, 0.1) is 0 Å². The van der Waals surface area contributed by atoms with Gasteiger partial charge in [-0.25, -0.2) is 0 Å². The molecule has 92 valence electrons. The Morgan fingerprint density at radius 1 is 1.47 bits per heavy atom. The minimum Gasteiger partial charge on any atom is -0.508 e. The highest BCUT2D eigenvalue weighted by Crippen LogP contribution is 2.20. The molecule has 0 aromatic heterocycles. The number of hydrogen-bond acceptors (Lipinski definition) is 3. The number of phenolic OH excluding ortho intramolecular Hbond substituents is 1. The summed E-state index contributed by atoms with van der Waals surface area (Å²) in [6, 6.07) is 7.31. The summed E-state index contributed by atoms with van der Waals surface area (Å²) in [4.78, 5) is 13.6. The standard InChI is InChI=1S/C13H18N2O2/c1-2-13(17)15-8-7-14-12(9-15)10-3-5-11(16)6-4-10/h3-6,12,14,16H,2,7-9H2,1H3. The van der Waals surface area contributed by atoms with E-state index < -0.39 is 0 Å². The molecule has 0 spiro atoms. The number of piperazine rings is 1. The lowest BCUT2D eigenvalue weighted by molar-refractivity contribution is -0.132. The molecule has 1 fully saturated rings. The lowest BCUT2D eigenvalue weighted by Gasteiger charge is -2.34. The predicted molar refractivity (Wildman–Crippen MR) is 65.7 cm³/mol. The van der Waals surface area contributed by atoms with Gasteiger partial charge in [0.2, 0.25) is 5.91 Å². The third kappa shape index (κ3) is 2.77. The molecule has 1 aromatic carbocycles. The summed E-state index contributed by atoms with van der Waals surface area (Å²) in [5.74, 6) is 0.473. The smallest absolute Gasteiger partial charge is 0.222 e. The lowest BCUT2D eigenvalue weighted by Crippen LogP contribution is -2.48. The van der Waals surface area contributed by atoms with Crippen LogP contribution in [0.25, 0.3) is 0 Å². The molecule has 1 heterocycles. The fourth-order valence-electron chi connectivity index (χ4n) is 2.13. The number of carbonyl (C=O) groups is 1. The maximum Gasteiger partial charge on any atom is 0.222 e. The maximum atomic E-state index is 11.7. The summed E-state index contributed by atoms with van der Waals surface area (Å²) >= 11 is 0. The van der Waals surface area contributed by atoms with Crippen molar-refractivity contribution in [3.05, 3.63) is 29.8 Å². The molecule has 0 radical (unpaired) electrons. The number of amides is 1. The fraction of sp³-hybridized carbons (Fsp3) is 0.462. The SMILES string of the molecule is CCC(=O)N1CCNC(c2ccc(O)cc2)C1. The maximum absolute atomic E-state index is 11.7. The number of phenols is 1. The molecule has 0 saturated carbocycles. The van der Waals surface area contributed by atoms with E-state index in [0.717, 1.165) is 18.7 Å². The Hall–Kier alpha value is -1.55. The van der Waals surface area contributed by atoms with E-state index in [4.69, 9.17) is 0 Å². The number of nitrogens with one attached hydrogen (secondary N) is 1. The highest BCUT2D eigenvalue weighted by molar-refractivity contribution is 5.76. The topological polar surface area (TPSA) is 52.6 Å². The lowest BCUT2D eigenvalue weighted by atomic mass is 10.0. The van der Waals surface area contributed by atoms with Gasteiger partial charge in [-0.15, -0.1) is 0 Å². The molecular formula is C13H18N2O2. The van der Waals surface area contributed by atoms with Gasteiger partial charge in [-0.1, -0.05) is 19.1 Å². The number of hydrogen-bond donors (Lipinski definition) is 2. The summed E-state index contributed by atoms with van der Waals surface area (Å²) in [5.41, 5.74) is 1.11. The minimum atomic E-state index is 0.167. The van der Waals surface area contributed by atoms with Gasteiger partial charge >= 0.3 is 0 Å². The highest BCUT2D eigenvalue weighted by atomic mass is 16.3. The second kappa shape index (κ2) is 5.19. The normalized spacial score (nSPS) is 20.3. The molecular weight excluding hydrogens is 216 g/mol. The summed E-state index contributed by atoms with van der Waals surface area (Å²) in [6.07, 6.45) is 0.558. The fourth-order valence-corrected chi connectivity index (χ4v) is 2.13. The predicted octanol–water partition coefficient (Wildman–Crippen LogP) is 1.28. The van der Waals surface area contributed by atoms with Crippen molar-refractivity contribution < 1.29 is 9.90 Å². The van der Waals surface area contributed by atoms with E-state index in [1.54, 1.807) is 12.1 Å². The Bertz CT molecular complexity index is 389. The molecule has 17 heavy (non-hydrogen) atoms. The molecule has 1 aliphatic heterocycles. The van der Waals surface area contributed by atoms with Gasteiger partial charge in [-0.05, 0) is 17.7 Å². The third-order valence-corrected chi connectivity index (χ3v) is 3.13. The molecule has 1 amide bonds. The Labute approximate surface area is 101 Å². The van der Waals surface area contributed by atoms with Crippen molar-refractivity contribution in [2.75, 3.05) is 19.6 Å². The van der Waals surface area contributed by atoms with Gasteiger partial charge in [-0.3, -0.25) is 4.79 Å². The monoisotopic (exact) mass is 234 g/mol. The van der Waals surface area contributed by atoms with E-state index in [1.165, 1.54) is 0 Å². The zero-order valence-corrected chi connectivity index (χ0v) is 10.0. The number of benzene rings is 1. The Balaban J connectivity index is 2.06. The minimum absolute atomic E-state index is 0.167. The Morgan fingerprint density at radius 3 is 2.82 bits per heavy atom. The van der Waals surface area contributed by atoms with Gasteiger partial charge < -0.3 is 15.3 Å². The number of rotatable bonds is 2. The van der Waals surface area contributed by atoms with Gasteiger partial charge in [0.25, 0.3) is 0 Å². The first-order valence-corrected chi connectivity index (χ1v) is 6.00. The van der Waals surface area contributed by atoms with Crippen LogP contribution in [0.4, 0.5) is 0 Å². The molecule has 1 aliphatic rings. The summed E-state index contributed by atoms with van der Waals surface area (Å²) in [7, 11) is 0. The van der Waals surface area contributed by atoms with Crippen molar-refractivity contribution in [2.24, 2.45) is 0 Å². The number of carbonyl (C=O) groups excluding carboxylic acids is 1. The van der Waals surface area contributed by atoms with Crippen LogP contribution in [-0.4, -0.2) is 35.5 Å². The zero-order chi connectivity index (χ0) is 12.3. The van der Waals surface area contributed by atoms with Crippen LogP contribution in [0.5, 0.6) is 5.75 Å². The second-order valence-electron chi connectivity index (χ2n) is 4.29. The third-order valence-electron chi connectivity index (χ3n) is 3.13. The molecule has 1 saturated heterocycles. The van der Waals surface area contributed by atoms with Crippen LogP contribution in [0.3, 0.4) is 0 Å². The van der Waals surface area contributed by atoms with Crippen molar-refractivity contribution in [3.8, 4) is 5.75 Å². The summed E-state index contributed by atoms with van der Waals surface area (Å²) < 4.78 is 0. The Morgan fingerprint density at radius 2 is 2.18 bits per heavy atom. The van der Waals surface area contributed by atoms with Crippen LogP contribution in [0.1, 0.15) is 24.9 Å². The average Bonchev–Trinajstić information content (AvgIpc) is 2.39. The molecule has 4 nitrogen and oxygen atoms in total.